The van der Waals surface area contributed by atoms with E-state index in [0.717, 1.165) is 10.1 Å². The summed E-state index contributed by atoms with van der Waals surface area (Å²) in [5.41, 5.74) is -0.0982. The largest absolute Gasteiger partial charge is 0.348 e. The van der Waals surface area contributed by atoms with Crippen LogP contribution in [-0.2, 0) is 11.3 Å². The molecule has 104 valence electrons. The van der Waals surface area contributed by atoms with Crippen LogP contribution < -0.4 is 16.6 Å². The Morgan fingerprint density at radius 1 is 1.25 bits per heavy atom. The molecule has 0 saturated heterocycles. The maximum atomic E-state index is 11.9. The average Bonchev–Trinajstić information content (AvgIpc) is 2.43. The summed E-state index contributed by atoms with van der Waals surface area (Å²) in [5.74, 6) is -0.296. The van der Waals surface area contributed by atoms with Crippen molar-refractivity contribution in [3.63, 3.8) is 0 Å². The van der Waals surface area contributed by atoms with Crippen molar-refractivity contribution in [2.45, 2.75) is 19.5 Å². The molecule has 2 aromatic rings. The molecule has 0 saturated carbocycles. The lowest BCUT2D eigenvalue weighted by atomic mass is 10.1. The summed E-state index contributed by atoms with van der Waals surface area (Å²) in [4.78, 5) is 36.4. The number of benzene rings is 1. The van der Waals surface area contributed by atoms with Gasteiger partial charge in [-0.05, 0) is 12.5 Å². The fourth-order valence-electron chi connectivity index (χ4n) is 1.84. The topological polar surface area (TPSA) is 84.0 Å². The number of rotatable bonds is 4. The Hall–Kier alpha value is -2.63. The quantitative estimate of drug-likeness (QED) is 0.846. The molecule has 0 aliphatic carbocycles. The number of nitrogens with zero attached hydrogens (tertiary/aromatic N) is 1. The molecule has 0 radical (unpaired) electrons. The summed E-state index contributed by atoms with van der Waals surface area (Å²) in [6.45, 7) is 1.73. The third-order valence-corrected chi connectivity index (χ3v) is 2.89. The maximum absolute atomic E-state index is 11.9. The minimum absolute atomic E-state index is 0.132. The van der Waals surface area contributed by atoms with Gasteiger partial charge in [0, 0.05) is 12.3 Å². The number of amides is 1. The summed E-state index contributed by atoms with van der Waals surface area (Å²) in [7, 11) is 0. The number of aromatic nitrogens is 2. The van der Waals surface area contributed by atoms with Crippen LogP contribution in [0.3, 0.4) is 0 Å². The van der Waals surface area contributed by atoms with Crippen LogP contribution in [0.1, 0.15) is 18.5 Å². The molecule has 6 heteroatoms. The summed E-state index contributed by atoms with van der Waals surface area (Å²) in [6.07, 6.45) is 1.30. The second kappa shape index (κ2) is 6.01. The van der Waals surface area contributed by atoms with E-state index in [-0.39, 0.29) is 18.5 Å². The van der Waals surface area contributed by atoms with E-state index in [1.165, 1.54) is 12.3 Å². The van der Waals surface area contributed by atoms with E-state index in [1.54, 1.807) is 0 Å². The Morgan fingerprint density at radius 2 is 1.95 bits per heavy atom. The van der Waals surface area contributed by atoms with Crippen LogP contribution >= 0.6 is 0 Å². The molecule has 0 bridgehead atoms. The molecule has 0 unspecified atom stereocenters. The number of hydrogen-bond donors (Lipinski definition) is 2. The van der Waals surface area contributed by atoms with E-state index in [4.69, 9.17) is 0 Å². The van der Waals surface area contributed by atoms with Gasteiger partial charge in [0.25, 0.3) is 5.56 Å². The average molecular weight is 273 g/mol. The van der Waals surface area contributed by atoms with Crippen LogP contribution in [0.5, 0.6) is 0 Å². The normalized spacial score (nSPS) is 11.8. The highest BCUT2D eigenvalue weighted by Crippen LogP contribution is 2.10. The van der Waals surface area contributed by atoms with Gasteiger partial charge in [-0.1, -0.05) is 30.3 Å². The Balaban J connectivity index is 2.02. The lowest BCUT2D eigenvalue weighted by Crippen LogP contribution is -2.36. The van der Waals surface area contributed by atoms with Crippen LogP contribution in [0.2, 0.25) is 0 Å². The lowest BCUT2D eigenvalue weighted by molar-refractivity contribution is -0.122. The first-order valence-corrected chi connectivity index (χ1v) is 6.20. The van der Waals surface area contributed by atoms with E-state index in [1.807, 2.05) is 37.3 Å². The van der Waals surface area contributed by atoms with Crippen LogP contribution in [0.4, 0.5) is 0 Å². The first kappa shape index (κ1) is 13.8. The number of aromatic amines is 1. The number of carbonyl (C=O) groups excluding carboxylic acids is 1. The summed E-state index contributed by atoms with van der Waals surface area (Å²) in [6, 6.07) is 10.6. The summed E-state index contributed by atoms with van der Waals surface area (Å²) >= 11 is 0. The molecule has 1 amide bonds. The number of H-pyrrole nitrogens is 1. The standard InChI is InChI=1S/C14H15N3O3/c1-10(11-5-3-2-4-6-11)15-13(19)9-17-8-7-12(18)16-14(17)20/h2-8,10H,9H2,1H3,(H,15,19)(H,16,18,20)/t10-/m1/s1. The monoisotopic (exact) mass is 273 g/mol. The van der Waals surface area contributed by atoms with Crippen molar-refractivity contribution in [2.24, 2.45) is 0 Å². The number of hydrogen-bond acceptors (Lipinski definition) is 3. The molecule has 2 rings (SSSR count). The van der Waals surface area contributed by atoms with Crippen LogP contribution in [0.25, 0.3) is 0 Å². The zero-order valence-corrected chi connectivity index (χ0v) is 11.0. The van der Waals surface area contributed by atoms with Crippen LogP contribution in [0.15, 0.2) is 52.2 Å². The van der Waals surface area contributed by atoms with E-state index in [9.17, 15) is 14.4 Å². The van der Waals surface area contributed by atoms with Crippen molar-refractivity contribution in [1.82, 2.24) is 14.9 Å². The van der Waals surface area contributed by atoms with Gasteiger partial charge in [-0.25, -0.2) is 4.79 Å². The van der Waals surface area contributed by atoms with E-state index in [0.29, 0.717) is 0 Å². The minimum atomic E-state index is -0.597. The van der Waals surface area contributed by atoms with E-state index < -0.39 is 11.2 Å². The van der Waals surface area contributed by atoms with Gasteiger partial charge < -0.3 is 5.32 Å². The molecule has 1 aromatic carbocycles. The van der Waals surface area contributed by atoms with Crippen molar-refractivity contribution in [1.29, 1.82) is 0 Å². The van der Waals surface area contributed by atoms with Crippen molar-refractivity contribution >= 4 is 5.91 Å². The van der Waals surface area contributed by atoms with Gasteiger partial charge in [-0.2, -0.15) is 0 Å². The smallest absolute Gasteiger partial charge is 0.328 e. The second-order valence-electron chi connectivity index (χ2n) is 4.44. The Labute approximate surface area is 115 Å². The van der Waals surface area contributed by atoms with Gasteiger partial charge in [-0.15, -0.1) is 0 Å². The zero-order valence-electron chi connectivity index (χ0n) is 11.0. The molecular weight excluding hydrogens is 258 g/mol. The SMILES string of the molecule is C[C@@H](NC(=O)Cn1ccc(=O)[nH]c1=O)c1ccccc1. The summed E-state index contributed by atoms with van der Waals surface area (Å²) < 4.78 is 1.15. The molecule has 0 spiro atoms. The zero-order chi connectivity index (χ0) is 14.5. The third-order valence-electron chi connectivity index (χ3n) is 2.89. The summed E-state index contributed by atoms with van der Waals surface area (Å²) in [5, 5.41) is 2.80. The fourth-order valence-corrected chi connectivity index (χ4v) is 1.84. The van der Waals surface area contributed by atoms with E-state index in [2.05, 4.69) is 10.3 Å². The maximum Gasteiger partial charge on any atom is 0.328 e. The van der Waals surface area contributed by atoms with Crippen LogP contribution in [0, 0.1) is 0 Å². The highest BCUT2D eigenvalue weighted by atomic mass is 16.2. The van der Waals surface area contributed by atoms with Gasteiger partial charge >= 0.3 is 5.69 Å². The van der Waals surface area contributed by atoms with E-state index >= 15 is 0 Å². The third kappa shape index (κ3) is 3.44. The molecular formula is C14H15N3O3. The first-order valence-electron chi connectivity index (χ1n) is 6.20. The molecule has 0 aliphatic rings. The predicted molar refractivity (Wildman–Crippen MR) is 74.3 cm³/mol. The molecule has 1 aromatic heterocycles. The molecule has 1 heterocycles. The fraction of sp³-hybridized carbons (Fsp3) is 0.214. The minimum Gasteiger partial charge on any atom is -0.348 e. The van der Waals surface area contributed by atoms with Gasteiger partial charge in [0.2, 0.25) is 5.91 Å². The van der Waals surface area contributed by atoms with Gasteiger partial charge in [0.05, 0.1) is 6.04 Å². The van der Waals surface area contributed by atoms with Crippen molar-refractivity contribution in [3.8, 4) is 0 Å². The Morgan fingerprint density at radius 3 is 2.60 bits per heavy atom. The van der Waals surface area contributed by atoms with Gasteiger partial charge in [-0.3, -0.25) is 19.1 Å². The predicted octanol–water partition coefficient (Wildman–Crippen LogP) is 0.414. The van der Waals surface area contributed by atoms with Crippen molar-refractivity contribution in [3.05, 3.63) is 69.0 Å². The number of carbonyl (C=O) groups is 1. The number of nitrogens with one attached hydrogen (secondary N) is 2. The van der Waals surface area contributed by atoms with Gasteiger partial charge in [0.15, 0.2) is 0 Å². The Bertz CT molecular complexity index is 703. The Kier molecular flexibility index (Phi) is 4.14. The van der Waals surface area contributed by atoms with Gasteiger partial charge in [0.1, 0.15) is 6.54 Å². The molecule has 1 atom stereocenters. The lowest BCUT2D eigenvalue weighted by Gasteiger charge is -2.14. The highest BCUT2D eigenvalue weighted by Gasteiger charge is 2.10. The molecule has 6 nitrogen and oxygen atoms in total. The highest BCUT2D eigenvalue weighted by molar-refractivity contribution is 5.76. The molecule has 0 fully saturated rings. The first-order chi connectivity index (χ1) is 9.56. The van der Waals surface area contributed by atoms with Crippen molar-refractivity contribution < 1.29 is 4.79 Å². The van der Waals surface area contributed by atoms with Crippen LogP contribution in [-0.4, -0.2) is 15.5 Å². The molecule has 0 aliphatic heterocycles. The second-order valence-corrected chi connectivity index (χ2v) is 4.44. The van der Waals surface area contributed by atoms with Crippen molar-refractivity contribution in [2.75, 3.05) is 0 Å². The molecule has 2 N–H and O–H groups in total. The molecule has 20 heavy (non-hydrogen) atoms.